The normalized spacial score (nSPS) is 19.0. The second kappa shape index (κ2) is 11.5. The van der Waals surface area contributed by atoms with E-state index in [4.69, 9.17) is 5.21 Å². The largest absolute Gasteiger partial charge is 0.335 e. The minimum atomic E-state index is -0.612. The Morgan fingerprint density at radius 2 is 1.59 bits per heavy atom. The van der Waals surface area contributed by atoms with Gasteiger partial charge in [-0.25, -0.2) is 5.48 Å². The molecule has 34 heavy (non-hydrogen) atoms. The Labute approximate surface area is 200 Å². The fourth-order valence-electron chi connectivity index (χ4n) is 4.56. The van der Waals surface area contributed by atoms with Crippen molar-refractivity contribution in [3.05, 3.63) is 82.9 Å². The lowest BCUT2D eigenvalue weighted by Crippen LogP contribution is -2.57. The topological polar surface area (TPSA) is 90.0 Å². The zero-order chi connectivity index (χ0) is 24.7. The molecule has 2 aromatic carbocycles. The highest BCUT2D eigenvalue weighted by atomic mass is 16.5. The third-order valence-corrected chi connectivity index (χ3v) is 5.91. The summed E-state index contributed by atoms with van der Waals surface area (Å²) < 4.78 is 0. The molecule has 2 atom stereocenters. The number of nitrogens with one attached hydrogen (secondary N) is 1. The molecule has 0 unspecified atom stereocenters. The molecule has 7 nitrogen and oxygen atoms in total. The fraction of sp³-hybridized carbons (Fsp3) is 0.296. The first kappa shape index (κ1) is 25.1. The van der Waals surface area contributed by atoms with Crippen molar-refractivity contribution >= 4 is 29.7 Å². The maximum atomic E-state index is 13.0. The molecule has 2 N–H and O–H groups in total. The van der Waals surface area contributed by atoms with Crippen LogP contribution in [0, 0.1) is 0 Å². The smallest absolute Gasteiger partial charge is 0.267 e. The van der Waals surface area contributed by atoms with Gasteiger partial charge in [0, 0.05) is 50.3 Å². The van der Waals surface area contributed by atoms with Gasteiger partial charge in [-0.3, -0.25) is 24.5 Å². The molecular formula is C27H31N3O4. The van der Waals surface area contributed by atoms with Crippen LogP contribution in [-0.4, -0.2) is 57.8 Å². The Hall–Kier alpha value is -3.55. The van der Waals surface area contributed by atoms with Crippen molar-refractivity contribution in [2.45, 2.75) is 39.4 Å². The molecule has 1 aliphatic rings. The monoisotopic (exact) mass is 461 g/mol. The summed E-state index contributed by atoms with van der Waals surface area (Å²) in [4.78, 5) is 40.4. The number of carbonyl (C=O) groups excluding carboxylic acids is 3. The van der Waals surface area contributed by atoms with Crippen molar-refractivity contribution in [2.24, 2.45) is 0 Å². The van der Waals surface area contributed by atoms with Gasteiger partial charge in [0.1, 0.15) is 0 Å². The second-order valence-electron chi connectivity index (χ2n) is 8.65. The summed E-state index contributed by atoms with van der Waals surface area (Å²) in [5, 5.41) is 8.59. The summed E-state index contributed by atoms with van der Waals surface area (Å²) in [5.74, 6) is -0.601. The van der Waals surface area contributed by atoms with E-state index in [-0.39, 0.29) is 23.8 Å². The number of amides is 2. The highest BCUT2D eigenvalue weighted by Crippen LogP contribution is 2.20. The van der Waals surface area contributed by atoms with Crippen molar-refractivity contribution < 1.29 is 19.6 Å². The molecule has 3 rings (SSSR count). The van der Waals surface area contributed by atoms with Crippen LogP contribution in [-0.2, 0) is 16.1 Å². The minimum Gasteiger partial charge on any atom is -0.335 e. The highest BCUT2D eigenvalue weighted by Gasteiger charge is 2.31. The fourth-order valence-corrected chi connectivity index (χ4v) is 4.56. The van der Waals surface area contributed by atoms with Crippen molar-refractivity contribution in [3.63, 3.8) is 0 Å². The molecule has 1 saturated heterocycles. The molecular weight excluding hydrogens is 430 g/mol. The molecule has 178 valence electrons. The summed E-state index contributed by atoms with van der Waals surface area (Å²) in [6.45, 7) is 7.89. The number of ketones is 1. The zero-order valence-electron chi connectivity index (χ0n) is 19.8. The molecule has 0 spiro atoms. The number of hydrogen-bond acceptors (Lipinski definition) is 5. The summed E-state index contributed by atoms with van der Waals surface area (Å²) in [7, 11) is 0. The van der Waals surface area contributed by atoms with Crippen molar-refractivity contribution in [2.75, 3.05) is 13.1 Å². The second-order valence-corrected chi connectivity index (χ2v) is 8.65. The number of hydroxylamine groups is 1. The number of nitrogens with zero attached hydrogens (tertiary/aromatic N) is 2. The van der Waals surface area contributed by atoms with Crippen molar-refractivity contribution in [3.8, 4) is 0 Å². The van der Waals surface area contributed by atoms with Gasteiger partial charge in [0.15, 0.2) is 5.78 Å². The number of carbonyl (C=O) groups is 3. The lowest BCUT2D eigenvalue weighted by atomic mass is 10.0. The van der Waals surface area contributed by atoms with Gasteiger partial charge in [0.2, 0.25) is 5.91 Å². The Balaban J connectivity index is 1.72. The summed E-state index contributed by atoms with van der Waals surface area (Å²) in [5.41, 5.74) is 4.75. The summed E-state index contributed by atoms with van der Waals surface area (Å²) >= 11 is 0. The van der Waals surface area contributed by atoms with Gasteiger partial charge >= 0.3 is 0 Å². The number of rotatable bonds is 7. The third kappa shape index (κ3) is 6.50. The molecule has 0 radical (unpaired) electrons. The van der Waals surface area contributed by atoms with E-state index in [1.54, 1.807) is 30.6 Å². The van der Waals surface area contributed by atoms with Crippen LogP contribution >= 0.6 is 0 Å². The van der Waals surface area contributed by atoms with E-state index in [1.807, 2.05) is 53.4 Å². The molecule has 1 fully saturated rings. The lowest BCUT2D eigenvalue weighted by Gasteiger charge is -2.44. The van der Waals surface area contributed by atoms with Crippen LogP contribution in [0.3, 0.4) is 0 Å². The van der Waals surface area contributed by atoms with Gasteiger partial charge < -0.3 is 4.90 Å². The predicted octanol–water partition coefficient (Wildman–Crippen LogP) is 3.54. The van der Waals surface area contributed by atoms with E-state index in [0.717, 1.165) is 29.8 Å². The molecule has 0 aliphatic carbocycles. The minimum absolute atomic E-state index is 0.0836. The Kier molecular flexibility index (Phi) is 8.51. The van der Waals surface area contributed by atoms with Crippen molar-refractivity contribution in [1.82, 2.24) is 15.3 Å². The quantitative estimate of drug-likeness (QED) is 0.285. The Bertz CT molecular complexity index is 1100. The molecule has 1 aliphatic heterocycles. The molecule has 1 heterocycles. The Morgan fingerprint density at radius 1 is 0.971 bits per heavy atom. The van der Waals surface area contributed by atoms with Gasteiger partial charge in [-0.15, -0.1) is 0 Å². The molecule has 0 saturated carbocycles. The average Bonchev–Trinajstić information content (AvgIpc) is 2.81. The van der Waals surface area contributed by atoms with E-state index in [0.29, 0.717) is 12.1 Å². The maximum Gasteiger partial charge on any atom is 0.267 e. The van der Waals surface area contributed by atoms with E-state index in [9.17, 15) is 14.4 Å². The number of hydrogen-bond donors (Lipinski definition) is 2. The standard InChI is InChI=1S/C27H31N3O4/c1-19-16-29(17-20(2)30(19)21(3)31)18-24-9-4-5-10-25(24)26(32)13-11-22-7-6-8-23(15-22)12-14-27(33)28-34/h4-15,19-20,34H,16-18H2,1-3H3,(H,28,33)/b13-11+,14-12+/t19-,20+. The van der Waals surface area contributed by atoms with Crippen LogP contribution in [0.1, 0.15) is 47.8 Å². The van der Waals surface area contributed by atoms with E-state index in [1.165, 1.54) is 6.08 Å². The summed E-state index contributed by atoms with van der Waals surface area (Å²) in [6, 6.07) is 15.2. The first-order valence-electron chi connectivity index (χ1n) is 11.3. The van der Waals surface area contributed by atoms with Crippen molar-refractivity contribution in [1.29, 1.82) is 0 Å². The number of benzene rings is 2. The predicted molar refractivity (Wildman–Crippen MR) is 132 cm³/mol. The van der Waals surface area contributed by atoms with Crippen LogP contribution in [0.15, 0.2) is 60.7 Å². The number of piperazine rings is 1. The highest BCUT2D eigenvalue weighted by molar-refractivity contribution is 6.07. The molecule has 0 aromatic heterocycles. The molecule has 0 bridgehead atoms. The van der Waals surface area contributed by atoms with Crippen LogP contribution in [0.4, 0.5) is 0 Å². The van der Waals surface area contributed by atoms with Crippen LogP contribution < -0.4 is 5.48 Å². The van der Waals surface area contributed by atoms with Gasteiger partial charge in [-0.2, -0.15) is 0 Å². The van der Waals surface area contributed by atoms with Crippen LogP contribution in [0.2, 0.25) is 0 Å². The maximum absolute atomic E-state index is 13.0. The zero-order valence-corrected chi connectivity index (χ0v) is 19.8. The first-order chi connectivity index (χ1) is 16.3. The van der Waals surface area contributed by atoms with E-state index < -0.39 is 5.91 Å². The number of allylic oxidation sites excluding steroid dienone is 1. The Morgan fingerprint density at radius 3 is 2.21 bits per heavy atom. The van der Waals surface area contributed by atoms with Gasteiger partial charge in [-0.1, -0.05) is 48.5 Å². The van der Waals surface area contributed by atoms with Gasteiger partial charge in [-0.05, 0) is 48.8 Å². The first-order valence-corrected chi connectivity index (χ1v) is 11.3. The molecule has 2 amide bonds. The lowest BCUT2D eigenvalue weighted by molar-refractivity contribution is -0.136. The average molecular weight is 462 g/mol. The molecule has 7 heteroatoms. The van der Waals surface area contributed by atoms with Crippen LogP contribution in [0.25, 0.3) is 12.2 Å². The van der Waals surface area contributed by atoms with Gasteiger partial charge in [0.05, 0.1) is 0 Å². The third-order valence-electron chi connectivity index (χ3n) is 5.91. The SMILES string of the molecule is CC(=O)N1[C@H](C)CN(Cc2ccccc2C(=O)/C=C/c2cccc(/C=C/C(=O)NO)c2)C[C@@H]1C. The van der Waals surface area contributed by atoms with E-state index >= 15 is 0 Å². The van der Waals surface area contributed by atoms with E-state index in [2.05, 4.69) is 18.7 Å². The molecule has 2 aromatic rings. The van der Waals surface area contributed by atoms with Gasteiger partial charge in [0.25, 0.3) is 5.91 Å². The van der Waals surface area contributed by atoms with Crippen LogP contribution in [0.5, 0.6) is 0 Å². The summed E-state index contributed by atoms with van der Waals surface area (Å²) in [6.07, 6.45) is 6.11.